The fourth-order valence-electron chi connectivity index (χ4n) is 5.01. The second-order valence-corrected chi connectivity index (χ2v) is 11.0. The predicted octanol–water partition coefficient (Wildman–Crippen LogP) is 6.81. The zero-order valence-corrected chi connectivity index (χ0v) is 22.8. The Morgan fingerprint density at radius 3 is 2.65 bits per heavy atom. The number of thioether (sulfide) groups is 1. The highest BCUT2D eigenvalue weighted by atomic mass is 32.2. The monoisotopic (exact) mass is 519 g/mol. The number of carbonyl (C=O) groups is 1. The first-order valence-electron chi connectivity index (χ1n) is 13.1. The lowest BCUT2D eigenvalue weighted by atomic mass is 9.75. The third kappa shape index (κ3) is 7.04. The number of esters is 1. The number of carbonyl (C=O) groups excluding carboxylic acids is 1. The maximum atomic E-state index is 12.8. The SMILES string of the molecule is C=CCn1c(COc2ccccc2-c2ccccc2)nnc1SCC(=O)O[C@H]1C[C@@H](C)CC[C@@H]1C(C)C. The van der Waals surface area contributed by atoms with Crippen molar-refractivity contribution in [1.29, 1.82) is 0 Å². The minimum Gasteiger partial charge on any atom is -0.485 e. The van der Waals surface area contributed by atoms with Crippen molar-refractivity contribution < 1.29 is 14.3 Å². The standard InChI is InChI=1S/C30H37N3O3S/c1-5-17-33-28(19-35-26-14-10-9-13-25(26)23-11-7-6-8-12-23)31-32-30(33)37-20-29(34)36-27-18-22(4)15-16-24(27)21(2)3/h5-14,21-22,24,27H,1,15-20H2,2-4H3/t22-,24+,27-/m0/s1. The van der Waals surface area contributed by atoms with E-state index in [4.69, 9.17) is 9.47 Å². The molecule has 1 saturated carbocycles. The molecule has 0 amide bonds. The summed E-state index contributed by atoms with van der Waals surface area (Å²) in [5, 5.41) is 9.36. The van der Waals surface area contributed by atoms with Gasteiger partial charge in [0.2, 0.25) is 0 Å². The lowest BCUT2D eigenvalue weighted by molar-refractivity contribution is -0.152. The van der Waals surface area contributed by atoms with Crippen LogP contribution >= 0.6 is 11.8 Å². The summed E-state index contributed by atoms with van der Waals surface area (Å²) in [4.78, 5) is 12.8. The minimum absolute atomic E-state index is 0.00320. The van der Waals surface area contributed by atoms with E-state index in [-0.39, 0.29) is 24.4 Å². The number of benzene rings is 2. The van der Waals surface area contributed by atoms with E-state index in [2.05, 4.69) is 49.7 Å². The normalized spacial score (nSPS) is 19.5. The number of hydrogen-bond donors (Lipinski definition) is 0. The van der Waals surface area contributed by atoms with Gasteiger partial charge in [-0.05, 0) is 42.2 Å². The zero-order chi connectivity index (χ0) is 26.2. The number of aromatic nitrogens is 3. The van der Waals surface area contributed by atoms with E-state index in [1.54, 1.807) is 6.08 Å². The molecule has 6 nitrogen and oxygen atoms in total. The quantitative estimate of drug-likeness (QED) is 0.158. The summed E-state index contributed by atoms with van der Waals surface area (Å²) >= 11 is 1.35. The topological polar surface area (TPSA) is 66.2 Å². The third-order valence-corrected chi connectivity index (χ3v) is 7.94. The van der Waals surface area contributed by atoms with E-state index in [1.807, 2.05) is 47.0 Å². The van der Waals surface area contributed by atoms with Crippen LogP contribution in [0.3, 0.4) is 0 Å². The molecule has 0 saturated heterocycles. The average Bonchev–Trinajstić information content (AvgIpc) is 3.28. The summed E-state index contributed by atoms with van der Waals surface area (Å²) in [7, 11) is 0. The van der Waals surface area contributed by atoms with Gasteiger partial charge < -0.3 is 9.47 Å². The molecule has 4 rings (SSSR count). The predicted molar refractivity (Wildman–Crippen MR) is 148 cm³/mol. The number of ether oxygens (including phenoxy) is 2. The molecule has 0 unspecified atom stereocenters. The van der Waals surface area contributed by atoms with Crippen molar-refractivity contribution in [3.8, 4) is 16.9 Å². The second kappa shape index (κ2) is 13.0. The lowest BCUT2D eigenvalue weighted by Crippen LogP contribution is -2.36. The van der Waals surface area contributed by atoms with E-state index in [0.29, 0.717) is 35.3 Å². The molecule has 7 heteroatoms. The van der Waals surface area contributed by atoms with E-state index in [9.17, 15) is 4.79 Å². The largest absolute Gasteiger partial charge is 0.485 e. The smallest absolute Gasteiger partial charge is 0.316 e. The van der Waals surface area contributed by atoms with Crippen molar-refractivity contribution in [2.45, 2.75) is 64.4 Å². The van der Waals surface area contributed by atoms with Crippen LogP contribution in [-0.4, -0.2) is 32.6 Å². The van der Waals surface area contributed by atoms with Crippen LogP contribution in [0.25, 0.3) is 11.1 Å². The lowest BCUT2D eigenvalue weighted by Gasteiger charge is -2.36. The number of rotatable bonds is 11. The molecule has 0 radical (unpaired) electrons. The molecule has 0 spiro atoms. The number of hydrogen-bond acceptors (Lipinski definition) is 6. The van der Waals surface area contributed by atoms with Gasteiger partial charge in [0.25, 0.3) is 0 Å². The molecule has 0 aliphatic heterocycles. The van der Waals surface area contributed by atoms with E-state index in [0.717, 1.165) is 29.7 Å². The molecule has 3 atom stereocenters. The maximum absolute atomic E-state index is 12.8. The van der Waals surface area contributed by atoms with Crippen LogP contribution < -0.4 is 4.74 Å². The van der Waals surface area contributed by atoms with Crippen molar-refractivity contribution in [2.24, 2.45) is 17.8 Å². The summed E-state index contributed by atoms with van der Waals surface area (Å²) in [6.45, 7) is 11.3. The van der Waals surface area contributed by atoms with Gasteiger partial charge in [0.15, 0.2) is 11.0 Å². The highest BCUT2D eigenvalue weighted by Crippen LogP contribution is 2.36. The molecule has 1 aromatic heterocycles. The molecule has 37 heavy (non-hydrogen) atoms. The van der Waals surface area contributed by atoms with Crippen molar-refractivity contribution >= 4 is 17.7 Å². The fourth-order valence-corrected chi connectivity index (χ4v) is 5.76. The van der Waals surface area contributed by atoms with Crippen LogP contribution in [-0.2, 0) is 22.7 Å². The first-order valence-corrected chi connectivity index (χ1v) is 14.1. The van der Waals surface area contributed by atoms with Gasteiger partial charge in [-0.15, -0.1) is 16.8 Å². The number of allylic oxidation sites excluding steroid dienone is 1. The summed E-state index contributed by atoms with van der Waals surface area (Å²) in [6.07, 6.45) is 5.06. The summed E-state index contributed by atoms with van der Waals surface area (Å²) in [5.41, 5.74) is 2.11. The van der Waals surface area contributed by atoms with Crippen LogP contribution in [0.4, 0.5) is 0 Å². The highest BCUT2D eigenvalue weighted by Gasteiger charge is 2.33. The van der Waals surface area contributed by atoms with Gasteiger partial charge in [-0.25, -0.2) is 0 Å². The van der Waals surface area contributed by atoms with Crippen LogP contribution in [0.5, 0.6) is 5.75 Å². The van der Waals surface area contributed by atoms with Crippen LogP contribution in [0.15, 0.2) is 72.4 Å². The molecule has 1 heterocycles. The maximum Gasteiger partial charge on any atom is 0.316 e. The first kappa shape index (κ1) is 27.0. The Morgan fingerprint density at radius 2 is 1.89 bits per heavy atom. The van der Waals surface area contributed by atoms with Crippen molar-refractivity contribution in [2.75, 3.05) is 5.75 Å². The molecule has 2 aromatic carbocycles. The minimum atomic E-state index is -0.197. The van der Waals surface area contributed by atoms with Gasteiger partial charge in [0, 0.05) is 12.1 Å². The number of para-hydroxylation sites is 1. The van der Waals surface area contributed by atoms with E-state index < -0.39 is 0 Å². The van der Waals surface area contributed by atoms with Gasteiger partial charge in [-0.1, -0.05) is 93.6 Å². The van der Waals surface area contributed by atoms with Crippen molar-refractivity contribution in [1.82, 2.24) is 14.8 Å². The second-order valence-electron chi connectivity index (χ2n) is 10.1. The molecule has 1 aliphatic rings. The fraction of sp³-hybridized carbons (Fsp3) is 0.433. The van der Waals surface area contributed by atoms with Gasteiger partial charge in [0.1, 0.15) is 18.5 Å². The summed E-state index contributed by atoms with van der Waals surface area (Å²) in [5.74, 6) is 2.98. The first-order chi connectivity index (χ1) is 18.0. The van der Waals surface area contributed by atoms with Crippen LogP contribution in [0, 0.1) is 17.8 Å². The molecule has 1 aliphatic carbocycles. The average molecular weight is 520 g/mol. The van der Waals surface area contributed by atoms with Crippen LogP contribution in [0.2, 0.25) is 0 Å². The molecule has 196 valence electrons. The summed E-state index contributed by atoms with van der Waals surface area (Å²) in [6, 6.07) is 18.1. The van der Waals surface area contributed by atoms with Crippen LogP contribution in [0.1, 0.15) is 45.9 Å². The Bertz CT molecular complexity index is 1180. The number of nitrogens with zero attached hydrogens (tertiary/aromatic N) is 3. The van der Waals surface area contributed by atoms with Gasteiger partial charge in [0.05, 0.1) is 5.75 Å². The van der Waals surface area contributed by atoms with Gasteiger partial charge in [-0.2, -0.15) is 0 Å². The molecular weight excluding hydrogens is 482 g/mol. The molecule has 1 fully saturated rings. The summed E-state index contributed by atoms with van der Waals surface area (Å²) < 4.78 is 14.1. The van der Waals surface area contributed by atoms with E-state index >= 15 is 0 Å². The Hall–Kier alpha value is -3.06. The Kier molecular flexibility index (Phi) is 9.45. The zero-order valence-electron chi connectivity index (χ0n) is 22.0. The van der Waals surface area contributed by atoms with E-state index in [1.165, 1.54) is 18.2 Å². The highest BCUT2D eigenvalue weighted by molar-refractivity contribution is 7.99. The van der Waals surface area contributed by atoms with Crippen molar-refractivity contribution in [3.05, 3.63) is 73.1 Å². The molecular formula is C30H37N3O3S. The van der Waals surface area contributed by atoms with Gasteiger partial charge >= 0.3 is 5.97 Å². The van der Waals surface area contributed by atoms with Gasteiger partial charge in [-0.3, -0.25) is 9.36 Å². The Labute approximate surface area is 224 Å². The Balaban J connectivity index is 1.40. The molecule has 0 bridgehead atoms. The molecule has 0 N–H and O–H groups in total. The Morgan fingerprint density at radius 1 is 1.14 bits per heavy atom. The van der Waals surface area contributed by atoms with Crippen molar-refractivity contribution in [3.63, 3.8) is 0 Å². The third-order valence-electron chi connectivity index (χ3n) is 7.00. The molecule has 3 aromatic rings.